The van der Waals surface area contributed by atoms with Gasteiger partial charge in [-0.15, -0.1) is 0 Å². The number of nitrogens with one attached hydrogen (secondary N) is 2. The van der Waals surface area contributed by atoms with Gasteiger partial charge in [-0.05, 0) is 18.7 Å². The Bertz CT molecular complexity index is 1100. The van der Waals surface area contributed by atoms with Crippen LogP contribution in [0.4, 0.5) is 0 Å². The van der Waals surface area contributed by atoms with Gasteiger partial charge in [-0.2, -0.15) is 0 Å². The first-order valence-corrected chi connectivity index (χ1v) is 8.45. The molecule has 0 aliphatic carbocycles. The van der Waals surface area contributed by atoms with Crippen LogP contribution in [0.25, 0.3) is 34.0 Å². The highest BCUT2D eigenvalue weighted by atomic mass is 16.5. The maximum Gasteiger partial charge on any atom is 0.247 e. The van der Waals surface area contributed by atoms with Gasteiger partial charge in [-0.1, -0.05) is 29.4 Å². The molecule has 3 aromatic heterocycles. The Kier molecular flexibility index (Phi) is 4.59. The van der Waals surface area contributed by atoms with Gasteiger partial charge in [0.25, 0.3) is 0 Å². The molecule has 27 heavy (non-hydrogen) atoms. The van der Waals surface area contributed by atoms with Gasteiger partial charge in [0.05, 0.1) is 18.1 Å². The summed E-state index contributed by atoms with van der Waals surface area (Å²) in [5.41, 5.74) is 4.71. The van der Waals surface area contributed by atoms with Crippen molar-refractivity contribution in [2.24, 2.45) is 0 Å². The molecule has 0 atom stereocenters. The van der Waals surface area contributed by atoms with Crippen LogP contribution in [0.3, 0.4) is 0 Å². The third kappa shape index (κ3) is 3.68. The van der Waals surface area contributed by atoms with E-state index >= 15 is 0 Å². The zero-order valence-corrected chi connectivity index (χ0v) is 14.6. The van der Waals surface area contributed by atoms with E-state index in [0.29, 0.717) is 17.1 Å². The van der Waals surface area contributed by atoms with Gasteiger partial charge in [0.2, 0.25) is 5.56 Å². The number of aromatic nitrogens is 4. The summed E-state index contributed by atoms with van der Waals surface area (Å²) >= 11 is 0. The average molecular weight is 359 g/mol. The highest BCUT2D eigenvalue weighted by molar-refractivity contribution is 5.66. The number of nitrogens with zero attached hydrogens (tertiary/aromatic N) is 3. The minimum Gasteiger partial charge on any atom is -0.354 e. The van der Waals surface area contributed by atoms with Gasteiger partial charge in [-0.25, -0.2) is 4.98 Å². The van der Waals surface area contributed by atoms with Gasteiger partial charge in [-0.3, -0.25) is 9.78 Å². The van der Waals surface area contributed by atoms with Crippen LogP contribution in [0, 0.1) is 0 Å². The van der Waals surface area contributed by atoms with Crippen molar-refractivity contribution in [2.75, 3.05) is 7.05 Å². The fourth-order valence-corrected chi connectivity index (χ4v) is 2.72. The van der Waals surface area contributed by atoms with Crippen molar-refractivity contribution in [3.05, 3.63) is 77.0 Å². The molecule has 2 N–H and O–H groups in total. The van der Waals surface area contributed by atoms with Crippen molar-refractivity contribution < 1.29 is 4.52 Å². The summed E-state index contributed by atoms with van der Waals surface area (Å²) in [4.78, 5) is 22.6. The van der Waals surface area contributed by atoms with Crippen LogP contribution in [-0.2, 0) is 6.54 Å². The smallest absolute Gasteiger partial charge is 0.247 e. The Hall–Kier alpha value is -3.58. The molecule has 0 saturated heterocycles. The Morgan fingerprint density at radius 1 is 1.00 bits per heavy atom. The second-order valence-corrected chi connectivity index (χ2v) is 6.03. The standard InChI is InChI=1S/C20H17N5O2/c1-21-9-13-2-4-14(5-3-13)16-8-19(27-25-16)18-12-22-11-17(24-18)15-6-7-20(26)23-10-15/h2-8,10-12,21H,9H2,1H3,(H,23,26). The Labute approximate surface area is 155 Å². The highest BCUT2D eigenvalue weighted by Crippen LogP contribution is 2.26. The molecule has 3 heterocycles. The summed E-state index contributed by atoms with van der Waals surface area (Å²) in [5, 5.41) is 7.27. The lowest BCUT2D eigenvalue weighted by atomic mass is 10.1. The quantitative estimate of drug-likeness (QED) is 0.569. The van der Waals surface area contributed by atoms with E-state index < -0.39 is 0 Å². The molecule has 1 aromatic carbocycles. The second kappa shape index (κ2) is 7.35. The third-order valence-electron chi connectivity index (χ3n) is 4.11. The summed E-state index contributed by atoms with van der Waals surface area (Å²) in [7, 11) is 1.92. The van der Waals surface area contributed by atoms with E-state index in [-0.39, 0.29) is 5.56 Å². The molecule has 0 aliphatic rings. The lowest BCUT2D eigenvalue weighted by Gasteiger charge is -2.01. The first-order valence-electron chi connectivity index (χ1n) is 8.45. The minimum absolute atomic E-state index is 0.163. The maximum absolute atomic E-state index is 11.2. The molecule has 0 radical (unpaired) electrons. The fourth-order valence-electron chi connectivity index (χ4n) is 2.72. The first-order chi connectivity index (χ1) is 13.2. The number of aromatic amines is 1. The minimum atomic E-state index is -0.163. The van der Waals surface area contributed by atoms with Crippen LogP contribution >= 0.6 is 0 Å². The zero-order valence-electron chi connectivity index (χ0n) is 14.6. The topological polar surface area (TPSA) is 96.7 Å². The maximum atomic E-state index is 11.2. The molecule has 0 fully saturated rings. The van der Waals surface area contributed by atoms with Gasteiger partial charge in [0.1, 0.15) is 11.4 Å². The van der Waals surface area contributed by atoms with Crippen molar-refractivity contribution in [3.8, 4) is 34.0 Å². The molecule has 7 heteroatoms. The largest absolute Gasteiger partial charge is 0.354 e. The highest BCUT2D eigenvalue weighted by Gasteiger charge is 2.11. The number of hydrogen-bond donors (Lipinski definition) is 2. The van der Waals surface area contributed by atoms with E-state index in [1.807, 2.05) is 25.2 Å². The van der Waals surface area contributed by atoms with Crippen LogP contribution in [0.2, 0.25) is 0 Å². The summed E-state index contributed by atoms with van der Waals surface area (Å²) < 4.78 is 5.47. The van der Waals surface area contributed by atoms with E-state index in [4.69, 9.17) is 4.52 Å². The molecule has 0 aliphatic heterocycles. The lowest BCUT2D eigenvalue weighted by molar-refractivity contribution is 0.433. The van der Waals surface area contributed by atoms with Crippen molar-refractivity contribution in [3.63, 3.8) is 0 Å². The molecular formula is C20H17N5O2. The Morgan fingerprint density at radius 3 is 2.52 bits per heavy atom. The Morgan fingerprint density at radius 2 is 1.78 bits per heavy atom. The first kappa shape index (κ1) is 16.9. The van der Waals surface area contributed by atoms with Crippen LogP contribution < -0.4 is 10.9 Å². The normalized spacial score (nSPS) is 10.9. The average Bonchev–Trinajstić information content (AvgIpc) is 3.20. The van der Waals surface area contributed by atoms with Gasteiger partial charge in [0.15, 0.2) is 5.76 Å². The molecule has 7 nitrogen and oxygen atoms in total. The SMILES string of the molecule is CNCc1ccc(-c2cc(-c3cncc(-c4ccc(=O)[nH]c4)n3)on2)cc1. The number of rotatable bonds is 5. The van der Waals surface area contributed by atoms with E-state index in [0.717, 1.165) is 23.4 Å². The molecule has 4 rings (SSSR count). The molecule has 0 amide bonds. The van der Waals surface area contributed by atoms with Crippen molar-refractivity contribution in [1.82, 2.24) is 25.4 Å². The molecule has 4 aromatic rings. The second-order valence-electron chi connectivity index (χ2n) is 6.03. The molecule has 0 spiro atoms. The van der Waals surface area contributed by atoms with E-state index in [9.17, 15) is 4.79 Å². The van der Waals surface area contributed by atoms with E-state index in [1.165, 1.54) is 11.6 Å². The van der Waals surface area contributed by atoms with Crippen molar-refractivity contribution in [2.45, 2.75) is 6.54 Å². The summed E-state index contributed by atoms with van der Waals surface area (Å²) in [6, 6.07) is 13.1. The fraction of sp³-hybridized carbons (Fsp3) is 0.100. The summed E-state index contributed by atoms with van der Waals surface area (Å²) in [5.74, 6) is 0.531. The third-order valence-corrected chi connectivity index (χ3v) is 4.11. The zero-order chi connectivity index (χ0) is 18.6. The Balaban J connectivity index is 1.62. The molecule has 134 valence electrons. The van der Waals surface area contributed by atoms with Gasteiger partial charge < -0.3 is 14.8 Å². The van der Waals surface area contributed by atoms with Crippen molar-refractivity contribution >= 4 is 0 Å². The number of pyridine rings is 1. The van der Waals surface area contributed by atoms with Gasteiger partial charge in [0, 0.05) is 36.0 Å². The van der Waals surface area contributed by atoms with Gasteiger partial charge >= 0.3 is 0 Å². The van der Waals surface area contributed by atoms with Crippen LogP contribution in [0.1, 0.15) is 5.56 Å². The molecule has 0 bridgehead atoms. The van der Waals surface area contributed by atoms with E-state index in [2.05, 4.69) is 37.6 Å². The monoisotopic (exact) mass is 359 g/mol. The summed E-state index contributed by atoms with van der Waals surface area (Å²) in [6.45, 7) is 0.817. The molecular weight excluding hydrogens is 342 g/mol. The lowest BCUT2D eigenvalue weighted by Crippen LogP contribution is -2.04. The summed E-state index contributed by atoms with van der Waals surface area (Å²) in [6.07, 6.45) is 4.86. The van der Waals surface area contributed by atoms with Crippen LogP contribution in [0.15, 0.2) is 70.4 Å². The molecule has 0 saturated carbocycles. The predicted octanol–water partition coefficient (Wildman–Crippen LogP) is 2.87. The number of H-pyrrole nitrogens is 1. The number of hydrogen-bond acceptors (Lipinski definition) is 6. The molecule has 0 unspecified atom stereocenters. The van der Waals surface area contributed by atoms with E-state index in [1.54, 1.807) is 24.7 Å². The number of benzene rings is 1. The van der Waals surface area contributed by atoms with Crippen LogP contribution in [0.5, 0.6) is 0 Å². The van der Waals surface area contributed by atoms with Crippen LogP contribution in [-0.4, -0.2) is 27.2 Å². The van der Waals surface area contributed by atoms with Crippen molar-refractivity contribution in [1.29, 1.82) is 0 Å². The predicted molar refractivity (Wildman–Crippen MR) is 102 cm³/mol.